The summed E-state index contributed by atoms with van der Waals surface area (Å²) in [5, 5.41) is 14.2. The third-order valence-corrected chi connectivity index (χ3v) is 4.73. The average Bonchev–Trinajstić information content (AvgIpc) is 2.45. The van der Waals surface area contributed by atoms with Crippen molar-refractivity contribution in [3.8, 4) is 0 Å². The van der Waals surface area contributed by atoms with Gasteiger partial charge in [0.1, 0.15) is 5.69 Å². The molecule has 0 radical (unpaired) electrons. The van der Waals surface area contributed by atoms with Crippen LogP contribution < -0.4 is 5.32 Å². The number of nitrogens with one attached hydrogen (secondary N) is 1. The summed E-state index contributed by atoms with van der Waals surface area (Å²) in [4.78, 5) is 12.8. The minimum Gasteiger partial charge on any atom is -0.378 e. The van der Waals surface area contributed by atoms with E-state index in [2.05, 4.69) is 24.1 Å². The number of sulfone groups is 1. The predicted molar refractivity (Wildman–Crippen MR) is 87.1 cm³/mol. The zero-order chi connectivity index (χ0) is 16.9. The van der Waals surface area contributed by atoms with Crippen LogP contribution in [-0.4, -0.2) is 50.2 Å². The first kappa shape index (κ1) is 18.4. The minimum atomic E-state index is -3.47. The summed E-state index contributed by atoms with van der Waals surface area (Å²) in [5.41, 5.74) is 0.103. The van der Waals surface area contributed by atoms with Crippen LogP contribution in [0.25, 0.3) is 0 Å². The van der Waals surface area contributed by atoms with Gasteiger partial charge in [-0.1, -0.05) is 13.8 Å². The van der Waals surface area contributed by atoms with Gasteiger partial charge in [0.2, 0.25) is 0 Å². The van der Waals surface area contributed by atoms with E-state index in [1.807, 2.05) is 6.92 Å². The van der Waals surface area contributed by atoms with Gasteiger partial charge in [-0.3, -0.25) is 15.0 Å². The maximum Gasteiger partial charge on any atom is 0.293 e. The van der Waals surface area contributed by atoms with Crippen LogP contribution >= 0.6 is 0 Å². The molecule has 0 fully saturated rings. The topological polar surface area (TPSA) is 92.6 Å². The summed E-state index contributed by atoms with van der Waals surface area (Å²) in [5.74, 6) is 0. The maximum atomic E-state index is 11.5. The van der Waals surface area contributed by atoms with E-state index in [-0.39, 0.29) is 16.6 Å². The van der Waals surface area contributed by atoms with Crippen molar-refractivity contribution in [1.82, 2.24) is 4.90 Å². The number of nitro groups is 1. The Morgan fingerprint density at radius 1 is 1.32 bits per heavy atom. The van der Waals surface area contributed by atoms with Crippen LogP contribution in [-0.2, 0) is 9.84 Å². The second-order valence-electron chi connectivity index (χ2n) is 5.16. The molecule has 0 aliphatic rings. The monoisotopic (exact) mass is 329 g/mol. The van der Waals surface area contributed by atoms with Crippen LogP contribution in [0, 0.1) is 10.1 Å². The highest BCUT2D eigenvalue weighted by molar-refractivity contribution is 7.90. The molecule has 124 valence electrons. The SMILES string of the molecule is CCN(CC)[C@H](C)CNc1ccc(S(C)(=O)=O)cc1[N+](=O)[O-]. The molecular weight excluding hydrogens is 306 g/mol. The Morgan fingerprint density at radius 2 is 1.91 bits per heavy atom. The molecule has 0 spiro atoms. The van der Waals surface area contributed by atoms with Gasteiger partial charge in [0.15, 0.2) is 9.84 Å². The maximum absolute atomic E-state index is 11.5. The van der Waals surface area contributed by atoms with Crippen LogP contribution in [0.5, 0.6) is 0 Å². The fraction of sp³-hybridized carbons (Fsp3) is 0.571. The second kappa shape index (κ2) is 7.55. The lowest BCUT2D eigenvalue weighted by molar-refractivity contribution is -0.384. The molecule has 0 amide bonds. The zero-order valence-electron chi connectivity index (χ0n) is 13.4. The number of nitro benzene ring substituents is 1. The molecule has 1 aromatic rings. The second-order valence-corrected chi connectivity index (χ2v) is 7.18. The molecule has 8 heteroatoms. The number of likely N-dealkylation sites (N-methyl/N-ethyl adjacent to an activating group) is 1. The molecule has 0 aliphatic heterocycles. The van der Waals surface area contributed by atoms with Crippen LogP contribution in [0.1, 0.15) is 20.8 Å². The Hall–Kier alpha value is -1.67. The van der Waals surface area contributed by atoms with E-state index in [9.17, 15) is 18.5 Å². The van der Waals surface area contributed by atoms with Crippen molar-refractivity contribution in [1.29, 1.82) is 0 Å². The van der Waals surface area contributed by atoms with Gasteiger partial charge in [0.25, 0.3) is 5.69 Å². The van der Waals surface area contributed by atoms with E-state index < -0.39 is 14.8 Å². The summed E-state index contributed by atoms with van der Waals surface area (Å²) in [6.07, 6.45) is 1.03. The van der Waals surface area contributed by atoms with Crippen molar-refractivity contribution in [2.24, 2.45) is 0 Å². The summed E-state index contributed by atoms with van der Waals surface area (Å²) >= 11 is 0. The van der Waals surface area contributed by atoms with Crippen LogP contribution in [0.3, 0.4) is 0 Å². The number of rotatable bonds is 8. The number of benzene rings is 1. The highest BCUT2D eigenvalue weighted by Crippen LogP contribution is 2.27. The first-order valence-electron chi connectivity index (χ1n) is 7.17. The fourth-order valence-electron chi connectivity index (χ4n) is 2.28. The Kier molecular flexibility index (Phi) is 6.31. The van der Waals surface area contributed by atoms with Gasteiger partial charge in [-0.25, -0.2) is 8.42 Å². The van der Waals surface area contributed by atoms with Crippen molar-refractivity contribution in [3.05, 3.63) is 28.3 Å². The van der Waals surface area contributed by atoms with E-state index in [1.165, 1.54) is 12.1 Å². The van der Waals surface area contributed by atoms with Gasteiger partial charge in [-0.2, -0.15) is 0 Å². The molecule has 0 aromatic heterocycles. The molecule has 0 saturated carbocycles. The number of nitrogens with zero attached hydrogens (tertiary/aromatic N) is 2. The van der Waals surface area contributed by atoms with Crippen molar-refractivity contribution < 1.29 is 13.3 Å². The van der Waals surface area contributed by atoms with Crippen molar-refractivity contribution in [2.45, 2.75) is 31.7 Å². The van der Waals surface area contributed by atoms with Crippen LogP contribution in [0.15, 0.2) is 23.1 Å². The molecule has 7 nitrogen and oxygen atoms in total. The Balaban J connectivity index is 2.98. The third kappa shape index (κ3) is 4.67. The van der Waals surface area contributed by atoms with E-state index in [4.69, 9.17) is 0 Å². The molecule has 1 atom stereocenters. The molecule has 0 heterocycles. The molecule has 0 bridgehead atoms. The largest absolute Gasteiger partial charge is 0.378 e. The fourth-order valence-corrected chi connectivity index (χ4v) is 2.92. The van der Waals surface area contributed by atoms with Crippen LogP contribution in [0.2, 0.25) is 0 Å². The summed E-state index contributed by atoms with van der Waals surface area (Å²) in [6, 6.07) is 4.14. The predicted octanol–water partition coefficient (Wildman–Crippen LogP) is 2.14. The highest BCUT2D eigenvalue weighted by Gasteiger charge is 2.19. The van der Waals surface area contributed by atoms with Crippen molar-refractivity contribution in [2.75, 3.05) is 31.2 Å². The highest BCUT2D eigenvalue weighted by atomic mass is 32.2. The number of hydrogen-bond acceptors (Lipinski definition) is 6. The standard InChI is InChI=1S/C14H23N3O4S/c1-5-16(6-2)11(3)10-15-13-8-7-12(22(4,20)21)9-14(13)17(18)19/h7-9,11,15H,5-6,10H2,1-4H3/t11-/m1/s1. The molecule has 1 aromatic carbocycles. The minimum absolute atomic E-state index is 0.0541. The van der Waals surface area contributed by atoms with Gasteiger partial charge >= 0.3 is 0 Å². The summed E-state index contributed by atoms with van der Waals surface area (Å²) in [6.45, 7) is 8.49. The van der Waals surface area contributed by atoms with Gasteiger partial charge in [-0.05, 0) is 32.1 Å². The van der Waals surface area contributed by atoms with Gasteiger partial charge in [0.05, 0.1) is 9.82 Å². The normalized spacial score (nSPS) is 13.1. The first-order chi connectivity index (χ1) is 10.2. The molecule has 0 aliphatic carbocycles. The van der Waals surface area contributed by atoms with E-state index in [0.29, 0.717) is 12.2 Å². The first-order valence-corrected chi connectivity index (χ1v) is 9.06. The molecule has 22 heavy (non-hydrogen) atoms. The van der Waals surface area contributed by atoms with Gasteiger partial charge in [-0.15, -0.1) is 0 Å². The molecule has 0 saturated heterocycles. The lowest BCUT2D eigenvalue weighted by Gasteiger charge is -2.26. The van der Waals surface area contributed by atoms with Crippen LogP contribution in [0.4, 0.5) is 11.4 Å². The Morgan fingerprint density at radius 3 is 2.36 bits per heavy atom. The smallest absolute Gasteiger partial charge is 0.293 e. The van der Waals surface area contributed by atoms with Crippen molar-refractivity contribution in [3.63, 3.8) is 0 Å². The van der Waals surface area contributed by atoms with Gasteiger partial charge < -0.3 is 5.32 Å². The van der Waals surface area contributed by atoms with E-state index >= 15 is 0 Å². The quantitative estimate of drug-likeness (QED) is 0.580. The lowest BCUT2D eigenvalue weighted by Crippen LogP contribution is -2.37. The Bertz CT molecular complexity index is 627. The molecule has 1 rings (SSSR count). The van der Waals surface area contributed by atoms with Crippen molar-refractivity contribution >= 4 is 21.2 Å². The molecule has 0 unspecified atom stereocenters. The number of hydrogen-bond donors (Lipinski definition) is 1. The third-order valence-electron chi connectivity index (χ3n) is 3.62. The zero-order valence-corrected chi connectivity index (χ0v) is 14.2. The van der Waals surface area contributed by atoms with E-state index in [0.717, 1.165) is 25.4 Å². The average molecular weight is 329 g/mol. The molecular formula is C14H23N3O4S. The number of anilines is 1. The summed E-state index contributed by atoms with van der Waals surface area (Å²) < 4.78 is 23.0. The molecule has 1 N–H and O–H groups in total. The Labute approximate surface area is 131 Å². The van der Waals surface area contributed by atoms with Gasteiger partial charge in [0, 0.05) is 24.9 Å². The van der Waals surface area contributed by atoms with E-state index in [1.54, 1.807) is 0 Å². The summed E-state index contributed by atoms with van der Waals surface area (Å²) in [7, 11) is -3.47. The lowest BCUT2D eigenvalue weighted by atomic mass is 10.2.